The van der Waals surface area contributed by atoms with Crippen LogP contribution in [0.25, 0.3) is 11.1 Å². The number of aromatic hydroxyl groups is 3. The van der Waals surface area contributed by atoms with E-state index in [0.717, 1.165) is 80.6 Å². The zero-order valence-corrected chi connectivity index (χ0v) is 66.3. The lowest BCUT2D eigenvalue weighted by atomic mass is 9.54. The van der Waals surface area contributed by atoms with Crippen LogP contribution in [0, 0.1) is 29.6 Å². The molecule has 19 N–H and O–H groups in total. The molecule has 18 bridgehead atoms. The largest absolute Gasteiger partial charge is 0.508 e. The van der Waals surface area contributed by atoms with Crippen molar-refractivity contribution in [3.63, 3.8) is 0 Å². The van der Waals surface area contributed by atoms with Gasteiger partial charge in [-0.25, -0.2) is 4.79 Å². The molecule has 2 saturated heterocycles. The molecule has 36 nitrogen and oxygen atoms in total. The van der Waals surface area contributed by atoms with E-state index in [-0.39, 0.29) is 116 Å². The number of phenolic OH excluding ortho intramolecular Hbond substituents is 3. The van der Waals surface area contributed by atoms with Gasteiger partial charge in [0, 0.05) is 53.5 Å². The summed E-state index contributed by atoms with van der Waals surface area (Å²) in [6, 6.07) is 2.98. The molecule has 18 rings (SSSR count). The van der Waals surface area contributed by atoms with E-state index in [1.165, 1.54) is 55.6 Å². The Kier molecular flexibility index (Phi) is 24.1. The highest BCUT2D eigenvalue weighted by molar-refractivity contribution is 6.32. The molecule has 6 aromatic carbocycles. The number of hydrogen-bond acceptors (Lipinski definition) is 27. The first kappa shape index (κ1) is 83.4. The van der Waals surface area contributed by atoms with Gasteiger partial charge in [-0.2, -0.15) is 0 Å². The molecule has 636 valence electrons. The Bertz CT molecular complexity index is 5020. The van der Waals surface area contributed by atoms with Crippen molar-refractivity contribution >= 4 is 70.9 Å². The summed E-state index contributed by atoms with van der Waals surface area (Å²) < 4.78 is 44.1. The van der Waals surface area contributed by atoms with Gasteiger partial charge in [-0.3, -0.25) is 48.5 Å². The van der Waals surface area contributed by atoms with Crippen molar-refractivity contribution in [3.8, 4) is 68.6 Å². The van der Waals surface area contributed by atoms with Crippen LogP contribution in [-0.4, -0.2) is 203 Å². The maximum Gasteiger partial charge on any atom is 0.408 e. The Labute approximate surface area is 691 Å². The molecule has 15 atom stereocenters. The van der Waals surface area contributed by atoms with Gasteiger partial charge in [0.05, 0.1) is 23.5 Å². The number of nitrogens with one attached hydrogen (secondary N) is 12. The van der Waals surface area contributed by atoms with Gasteiger partial charge in [-0.15, -0.1) is 0 Å². The van der Waals surface area contributed by atoms with Gasteiger partial charge >= 0.3 is 6.09 Å². The van der Waals surface area contributed by atoms with Crippen LogP contribution in [0.15, 0.2) is 97.1 Å². The zero-order valence-electron chi connectivity index (χ0n) is 65.6. The van der Waals surface area contributed by atoms with E-state index in [1.54, 1.807) is 14.1 Å². The number of fused-ring (bicyclic) bond motifs is 15. The number of halogens is 1. The van der Waals surface area contributed by atoms with Crippen molar-refractivity contribution in [2.75, 3.05) is 47.4 Å². The number of amides is 10. The lowest BCUT2D eigenvalue weighted by Crippen LogP contribution is -2.66. The first-order chi connectivity index (χ1) is 57.5. The van der Waals surface area contributed by atoms with Gasteiger partial charge in [0.1, 0.15) is 120 Å². The predicted octanol–water partition coefficient (Wildman–Crippen LogP) is 2.55. The molecule has 10 amide bonds. The summed E-state index contributed by atoms with van der Waals surface area (Å²) in [5, 5.41) is 118. The topological polar surface area (TPSA) is 521 Å². The first-order valence-corrected chi connectivity index (χ1v) is 40.1. The van der Waals surface area contributed by atoms with E-state index in [1.807, 2.05) is 13.8 Å². The number of imide groups is 1. The fourth-order valence-corrected chi connectivity index (χ4v) is 18.1. The number of aliphatic hydroxyl groups is 4. The van der Waals surface area contributed by atoms with Crippen molar-refractivity contribution in [2.45, 2.75) is 156 Å². The summed E-state index contributed by atoms with van der Waals surface area (Å²) in [6.07, 6.45) is -11.5. The van der Waals surface area contributed by atoms with Crippen molar-refractivity contribution in [1.82, 2.24) is 63.8 Å². The fourth-order valence-electron chi connectivity index (χ4n) is 17.9. The summed E-state index contributed by atoms with van der Waals surface area (Å²) in [4.78, 5) is 154. The van der Waals surface area contributed by atoms with E-state index in [9.17, 15) is 54.9 Å². The van der Waals surface area contributed by atoms with Crippen molar-refractivity contribution in [3.05, 3.63) is 141 Å². The van der Waals surface area contributed by atoms with Crippen molar-refractivity contribution in [1.29, 1.82) is 0 Å². The van der Waals surface area contributed by atoms with Gasteiger partial charge in [0.15, 0.2) is 17.6 Å². The second kappa shape index (κ2) is 34.6. The van der Waals surface area contributed by atoms with Crippen molar-refractivity contribution in [2.24, 2.45) is 29.6 Å². The van der Waals surface area contributed by atoms with Crippen LogP contribution in [0.4, 0.5) is 4.79 Å². The van der Waals surface area contributed by atoms with Gasteiger partial charge < -0.3 is 127 Å². The Morgan fingerprint density at radius 1 is 0.575 bits per heavy atom. The molecule has 1 unspecified atom stereocenters. The summed E-state index contributed by atoms with van der Waals surface area (Å²) in [5.41, 5.74) is -2.45. The molecule has 8 aliphatic heterocycles. The van der Waals surface area contributed by atoms with E-state index >= 15 is 28.8 Å². The van der Waals surface area contributed by atoms with Crippen LogP contribution in [0.2, 0.25) is 5.02 Å². The fraction of sp³-hybridized carbons (Fsp3) is 0.446. The Hall–Kier alpha value is -11.6. The van der Waals surface area contributed by atoms with Crippen LogP contribution >= 0.6 is 11.6 Å². The average Bonchev–Trinajstić information content (AvgIpc) is 0.756. The molecule has 6 fully saturated rings. The van der Waals surface area contributed by atoms with E-state index < -0.39 is 197 Å². The van der Waals surface area contributed by atoms with Gasteiger partial charge in [-0.1, -0.05) is 43.6 Å². The van der Waals surface area contributed by atoms with Gasteiger partial charge in [0.25, 0.3) is 5.91 Å². The lowest BCUT2D eigenvalue weighted by Gasteiger charge is -2.54. The highest BCUT2D eigenvalue weighted by Crippen LogP contribution is 2.55. The number of likely N-dealkylation sites (N-methyl/N-ethyl adjacent to an activating group) is 3. The highest BCUT2D eigenvalue weighted by atomic mass is 35.5. The third-order valence-electron chi connectivity index (χ3n) is 23.6. The summed E-state index contributed by atoms with van der Waals surface area (Å²) >= 11 is 7.22. The monoisotopic (exact) mass is 1680 g/mol. The summed E-state index contributed by atoms with van der Waals surface area (Å²) in [5.74, 6) is -13.9. The van der Waals surface area contributed by atoms with E-state index in [0.29, 0.717) is 24.9 Å². The summed E-state index contributed by atoms with van der Waals surface area (Å²) in [7, 11) is 4.86. The normalized spacial score (nSPS) is 28.5. The second-order valence-electron chi connectivity index (χ2n) is 32.2. The molecule has 6 aromatic rings. The molecule has 4 aliphatic carbocycles. The smallest absolute Gasteiger partial charge is 0.408 e. The molecule has 8 heterocycles. The molecule has 4 saturated carbocycles. The average molecular weight is 1680 g/mol. The number of alkyl carbamates (subject to hydrolysis) is 1. The highest BCUT2D eigenvalue weighted by Gasteiger charge is 2.56. The Morgan fingerprint density at radius 3 is 1.87 bits per heavy atom. The minimum absolute atomic E-state index is 0.0694. The molecule has 12 aliphatic rings. The summed E-state index contributed by atoms with van der Waals surface area (Å²) in [6.45, 7) is 4.63. The number of hydrogen-bond donors (Lipinski definition) is 19. The number of aliphatic hydroxyl groups excluding tert-OH is 4. The van der Waals surface area contributed by atoms with Crippen LogP contribution in [-0.2, 0) is 47.8 Å². The molecular formula is C83H93ClN12O24. The molecule has 0 radical (unpaired) electrons. The van der Waals surface area contributed by atoms with Gasteiger partial charge in [-0.05, 0) is 184 Å². The van der Waals surface area contributed by atoms with Crippen LogP contribution in [0.1, 0.15) is 139 Å². The van der Waals surface area contributed by atoms with Crippen molar-refractivity contribution < 1.29 is 117 Å². The minimum atomic E-state index is -2.37. The SMILES string of the molecule is CNCCOc1cc(OCCNC)cc(C(=O)NC(=O)C[C@@H]2NC(=O)[C@H](NC(=O)[C@@H](CC(C)C)NC)[C@H](O)c3ccc4c(c3)C3NC(=O)O[C@H]5[C@H](O)[C@@H](O)[C@H](Oc6c7cc(cc6O4)[C@@H](NC2=O)C(=O)N[C@H]2C(=O)N[C@H](C(=O)N[C@H](C(=O)NC4C6CC8CC(C6)CC4C8)c4cc(O)cc(O)c4-c4cc2ccc4O)[C@H](O)c2ccc(c(Cl)c2)O7)O[C@H]35)c1. The predicted molar refractivity (Wildman–Crippen MR) is 421 cm³/mol. The quantitative estimate of drug-likeness (QED) is 0.0550. The van der Waals surface area contributed by atoms with E-state index in [2.05, 4.69) is 63.8 Å². The van der Waals surface area contributed by atoms with E-state index in [4.69, 9.17) is 44.8 Å². The first-order valence-electron chi connectivity index (χ1n) is 39.7. The third-order valence-corrected chi connectivity index (χ3v) is 23.9. The molecule has 37 heteroatoms. The van der Waals surface area contributed by atoms with Crippen LogP contribution < -0.4 is 87.5 Å². The minimum Gasteiger partial charge on any atom is -0.508 e. The zero-order chi connectivity index (χ0) is 85.0. The molecule has 120 heavy (non-hydrogen) atoms. The number of phenols is 3. The van der Waals surface area contributed by atoms with Crippen LogP contribution in [0.3, 0.4) is 0 Å². The second-order valence-corrected chi connectivity index (χ2v) is 32.6. The molecule has 0 spiro atoms. The maximum absolute atomic E-state index is 16.6. The standard InChI is InChI=1S/C83H93ClN12O24/c1-33(2)16-50(87-5)75(106)94-65-67(101)37-7-10-54-47(25-37)63-72-73(120-83(113)96-63)69(103)70(104)82(119-72)118-71-56(116-54)27-41-28-57(71)117-55-11-8-38(26-49(55)84)68(102)66-81(112)93-64(79(110)90-60-39-18-34-17-35(20-39)21-40(60)19-34)48-29-43(97)30-53(99)59(48)46-24-36(6-9-52(46)98)61(77(108)95-66)92-78(109)62(41)91-76(107)51(88-80(65)111)32-58(100)89-74(105)42-22-44(114-14-12-85-3)31-45(23-42)115-15-13-86-4/h6-11,22-31,33-35,39-40,50-51,60-70,72-73,82,85-87,97-99,101-104H,12-21,32H2,1-5H3,(H,88,111)(H,90,110)(H,91,107)(H,92,109)(H,93,112)(H,94,106)(H,95,108)(H,96,113)(H,89,100,105)/t34?,35?,39?,40?,50-,51+,60?,61-,62-,63?,64+,65-,66+,67-,68-,69-,70-,72-,73+,82-/m1/s1. The Morgan fingerprint density at radius 2 is 1.21 bits per heavy atom. The van der Waals surface area contributed by atoms with Crippen LogP contribution in [0.5, 0.6) is 57.5 Å². The van der Waals surface area contributed by atoms with Gasteiger partial charge in [0.2, 0.25) is 59.3 Å². The molecule has 0 aromatic heterocycles. The number of carbonyl (C=O) groups excluding carboxylic acids is 10. The lowest BCUT2D eigenvalue weighted by molar-refractivity contribution is -0.284. The number of ether oxygens (including phenoxy) is 7. The maximum atomic E-state index is 16.6. The molecular weight excluding hydrogens is 1580 g/mol. The third kappa shape index (κ3) is 17.0. The number of benzene rings is 6. The number of rotatable bonds is 18. The Balaban J connectivity index is 0.914. The number of carbonyl (C=O) groups is 10.